The maximum absolute atomic E-state index is 6.60. The number of hydrogen-bond donors (Lipinski definition) is 1. The van der Waals surface area contributed by atoms with Crippen LogP contribution in [0.1, 0.15) is 29.2 Å². The normalized spacial score (nSPS) is 17.5. The van der Waals surface area contributed by atoms with Crippen LogP contribution in [0.4, 0.5) is 5.69 Å². The molecule has 3 aromatic heterocycles. The SMILES string of the molecule is COCCOc1ccc(N2C(=S)N[C@H](c3ccccn3)[C@@H]2c2cccn2Cc2ccco2)cc1Cl. The van der Waals surface area contributed by atoms with Gasteiger partial charge in [-0.3, -0.25) is 4.98 Å². The summed E-state index contributed by atoms with van der Waals surface area (Å²) in [7, 11) is 1.63. The summed E-state index contributed by atoms with van der Waals surface area (Å²) in [6, 6.07) is 19.3. The van der Waals surface area contributed by atoms with Gasteiger partial charge in [0.2, 0.25) is 0 Å². The van der Waals surface area contributed by atoms with Crippen LogP contribution in [0.3, 0.4) is 0 Å². The van der Waals surface area contributed by atoms with Crippen molar-refractivity contribution in [3.63, 3.8) is 0 Å². The van der Waals surface area contributed by atoms with Crippen molar-refractivity contribution in [2.75, 3.05) is 25.2 Å². The molecule has 0 saturated carbocycles. The lowest BCUT2D eigenvalue weighted by Gasteiger charge is -2.29. The zero-order chi connectivity index (χ0) is 24.2. The first-order chi connectivity index (χ1) is 17.2. The smallest absolute Gasteiger partial charge is 0.174 e. The summed E-state index contributed by atoms with van der Waals surface area (Å²) in [5, 5.41) is 4.59. The van der Waals surface area contributed by atoms with Crippen LogP contribution in [-0.4, -0.2) is 35.0 Å². The van der Waals surface area contributed by atoms with Gasteiger partial charge in [0.15, 0.2) is 5.11 Å². The molecule has 1 aliphatic rings. The molecule has 0 radical (unpaired) electrons. The average Bonchev–Trinajstić information content (AvgIpc) is 3.62. The molecular weight excluding hydrogens is 484 g/mol. The summed E-state index contributed by atoms with van der Waals surface area (Å²) in [6.07, 6.45) is 5.53. The van der Waals surface area contributed by atoms with Crippen LogP contribution in [0.2, 0.25) is 5.02 Å². The third-order valence-electron chi connectivity index (χ3n) is 5.91. The van der Waals surface area contributed by atoms with Gasteiger partial charge in [0.05, 0.1) is 36.2 Å². The predicted octanol–water partition coefficient (Wildman–Crippen LogP) is 5.38. The van der Waals surface area contributed by atoms with E-state index in [-0.39, 0.29) is 12.1 Å². The summed E-state index contributed by atoms with van der Waals surface area (Å²) < 4.78 is 18.6. The summed E-state index contributed by atoms with van der Waals surface area (Å²) >= 11 is 12.4. The van der Waals surface area contributed by atoms with E-state index in [4.69, 9.17) is 37.7 Å². The highest BCUT2D eigenvalue weighted by Crippen LogP contribution is 2.43. The van der Waals surface area contributed by atoms with Crippen molar-refractivity contribution in [3.05, 3.63) is 101 Å². The summed E-state index contributed by atoms with van der Waals surface area (Å²) in [5.74, 6) is 1.47. The number of halogens is 1. The first kappa shape index (κ1) is 23.4. The number of thiocarbonyl (C=S) groups is 1. The Labute approximate surface area is 214 Å². The van der Waals surface area contributed by atoms with Crippen molar-refractivity contribution in [1.82, 2.24) is 14.9 Å². The maximum atomic E-state index is 6.60. The molecule has 1 fully saturated rings. The standard InChI is InChI=1S/C26H25ClN4O3S/c1-32-14-15-34-23-10-9-18(16-20(23)27)31-25(24(29-26(31)35)21-7-2-3-11-28-21)22-8-4-12-30(22)17-19-6-5-13-33-19/h2-13,16,24-25H,14-15,17H2,1H3,(H,29,35)/t24-,25+/m1/s1. The number of nitrogens with one attached hydrogen (secondary N) is 1. The van der Waals surface area contributed by atoms with Crippen molar-refractivity contribution in [2.45, 2.75) is 18.6 Å². The lowest BCUT2D eigenvalue weighted by Crippen LogP contribution is -2.30. The highest BCUT2D eigenvalue weighted by molar-refractivity contribution is 7.80. The maximum Gasteiger partial charge on any atom is 0.174 e. The minimum Gasteiger partial charge on any atom is -0.490 e. The quantitative estimate of drug-likeness (QED) is 0.240. The zero-order valence-corrected chi connectivity index (χ0v) is 20.7. The van der Waals surface area contributed by atoms with E-state index in [0.717, 1.165) is 22.8 Å². The minimum atomic E-state index is -0.168. The van der Waals surface area contributed by atoms with Crippen LogP contribution in [0, 0.1) is 0 Å². The summed E-state index contributed by atoms with van der Waals surface area (Å²) in [5.41, 5.74) is 2.83. The highest BCUT2D eigenvalue weighted by atomic mass is 35.5. The van der Waals surface area contributed by atoms with Gasteiger partial charge in [0.1, 0.15) is 24.2 Å². The lowest BCUT2D eigenvalue weighted by molar-refractivity contribution is 0.146. The van der Waals surface area contributed by atoms with Crippen molar-refractivity contribution in [3.8, 4) is 5.75 Å². The third-order valence-corrected chi connectivity index (χ3v) is 6.52. The van der Waals surface area contributed by atoms with Gasteiger partial charge in [-0.15, -0.1) is 0 Å². The fourth-order valence-corrected chi connectivity index (χ4v) is 4.91. The van der Waals surface area contributed by atoms with Gasteiger partial charge in [-0.2, -0.15) is 0 Å². The van der Waals surface area contributed by atoms with E-state index >= 15 is 0 Å². The Balaban J connectivity index is 1.53. The Morgan fingerprint density at radius 3 is 2.77 bits per heavy atom. The molecule has 1 saturated heterocycles. The molecule has 5 rings (SSSR count). The van der Waals surface area contributed by atoms with Crippen LogP contribution in [-0.2, 0) is 11.3 Å². The molecule has 0 amide bonds. The van der Waals surface area contributed by atoms with E-state index in [1.54, 1.807) is 19.6 Å². The Hall–Kier alpha value is -3.33. The molecule has 1 aliphatic heterocycles. The van der Waals surface area contributed by atoms with Crippen LogP contribution in [0.15, 0.2) is 83.7 Å². The van der Waals surface area contributed by atoms with E-state index in [2.05, 4.69) is 25.8 Å². The Morgan fingerprint density at radius 2 is 2.03 bits per heavy atom. The van der Waals surface area contributed by atoms with E-state index < -0.39 is 0 Å². The fraction of sp³-hybridized carbons (Fsp3) is 0.231. The van der Waals surface area contributed by atoms with Gasteiger partial charge >= 0.3 is 0 Å². The molecule has 4 heterocycles. The largest absolute Gasteiger partial charge is 0.490 e. The van der Waals surface area contributed by atoms with Crippen LogP contribution in [0.25, 0.3) is 0 Å². The van der Waals surface area contributed by atoms with E-state index in [1.807, 2.05) is 60.8 Å². The second-order valence-corrected chi connectivity index (χ2v) is 8.89. The van der Waals surface area contributed by atoms with Crippen molar-refractivity contribution in [1.29, 1.82) is 0 Å². The van der Waals surface area contributed by atoms with Gasteiger partial charge in [0.25, 0.3) is 0 Å². The van der Waals surface area contributed by atoms with Gasteiger partial charge < -0.3 is 28.7 Å². The predicted molar refractivity (Wildman–Crippen MR) is 139 cm³/mol. The number of furan rings is 1. The number of anilines is 1. The second-order valence-electron chi connectivity index (χ2n) is 8.09. The first-order valence-corrected chi connectivity index (χ1v) is 12.0. The molecule has 1 aromatic carbocycles. The molecule has 180 valence electrons. The number of benzene rings is 1. The highest BCUT2D eigenvalue weighted by Gasteiger charge is 2.42. The molecule has 4 aromatic rings. The molecule has 35 heavy (non-hydrogen) atoms. The van der Waals surface area contributed by atoms with Crippen molar-refractivity contribution in [2.24, 2.45) is 0 Å². The van der Waals surface area contributed by atoms with Crippen LogP contribution >= 0.6 is 23.8 Å². The van der Waals surface area contributed by atoms with Gasteiger partial charge in [0, 0.05) is 30.9 Å². The number of pyridine rings is 1. The van der Waals surface area contributed by atoms with Crippen molar-refractivity contribution < 1.29 is 13.9 Å². The zero-order valence-electron chi connectivity index (χ0n) is 19.1. The van der Waals surface area contributed by atoms with Gasteiger partial charge in [-0.25, -0.2) is 0 Å². The summed E-state index contributed by atoms with van der Waals surface area (Å²) in [4.78, 5) is 6.72. The number of nitrogens with zero attached hydrogens (tertiary/aromatic N) is 3. The first-order valence-electron chi connectivity index (χ1n) is 11.2. The van der Waals surface area contributed by atoms with Crippen molar-refractivity contribution >= 4 is 34.6 Å². The fourth-order valence-electron chi connectivity index (χ4n) is 4.34. The topological polar surface area (TPSA) is 64.7 Å². The molecule has 0 unspecified atom stereocenters. The van der Waals surface area contributed by atoms with Gasteiger partial charge in [-0.05, 0) is 66.8 Å². The van der Waals surface area contributed by atoms with E-state index in [9.17, 15) is 0 Å². The number of rotatable bonds is 9. The molecule has 0 spiro atoms. The molecule has 7 nitrogen and oxygen atoms in total. The van der Waals surface area contributed by atoms with E-state index in [1.165, 1.54) is 0 Å². The molecule has 2 atom stereocenters. The monoisotopic (exact) mass is 508 g/mol. The Kier molecular flexibility index (Phi) is 7.03. The molecule has 0 aliphatic carbocycles. The number of methoxy groups -OCH3 is 1. The number of hydrogen-bond acceptors (Lipinski definition) is 5. The number of aromatic nitrogens is 2. The lowest BCUT2D eigenvalue weighted by atomic mass is 10.0. The van der Waals surface area contributed by atoms with Gasteiger partial charge in [-0.1, -0.05) is 17.7 Å². The summed E-state index contributed by atoms with van der Waals surface area (Å²) in [6.45, 7) is 1.51. The molecule has 9 heteroatoms. The Bertz CT molecular complexity index is 1280. The second kappa shape index (κ2) is 10.5. The van der Waals surface area contributed by atoms with E-state index in [0.29, 0.717) is 35.6 Å². The van der Waals surface area contributed by atoms with Crippen LogP contribution in [0.5, 0.6) is 5.75 Å². The number of ether oxygens (including phenoxy) is 2. The third kappa shape index (κ3) is 4.91. The molecular formula is C26H25ClN4O3S. The Morgan fingerprint density at radius 1 is 1.11 bits per heavy atom. The average molecular weight is 509 g/mol. The van der Waals surface area contributed by atoms with Crippen LogP contribution < -0.4 is 15.0 Å². The minimum absolute atomic E-state index is 0.162. The molecule has 1 N–H and O–H groups in total. The molecule has 0 bridgehead atoms.